The summed E-state index contributed by atoms with van der Waals surface area (Å²) in [6.45, 7) is 7.31. The standard InChI is InChI=1S/C28H35N5O/c1-20-18-33(19-21(2)31-20)28(30-17-23-11-9-22(16-29)10-12-23)32-26-15-25(13-14-27(26)34-3)24-7-5-4-6-8-24/h4-15,20-21,31H,16-19,29H2,1-3H3,(H,30,32). The summed E-state index contributed by atoms with van der Waals surface area (Å²) in [7, 11) is 1.70. The van der Waals surface area contributed by atoms with Crippen LogP contribution < -0.4 is 21.1 Å². The largest absolute Gasteiger partial charge is 0.495 e. The first kappa shape index (κ1) is 23.8. The number of hydrogen-bond acceptors (Lipinski definition) is 4. The van der Waals surface area contributed by atoms with Crippen LogP contribution in [-0.2, 0) is 13.1 Å². The maximum atomic E-state index is 5.75. The topological polar surface area (TPSA) is 74.9 Å². The van der Waals surface area contributed by atoms with Crippen molar-refractivity contribution in [2.24, 2.45) is 10.7 Å². The van der Waals surface area contributed by atoms with Gasteiger partial charge in [-0.1, -0.05) is 60.7 Å². The Labute approximate surface area is 202 Å². The van der Waals surface area contributed by atoms with Gasteiger partial charge in [0.15, 0.2) is 5.96 Å². The van der Waals surface area contributed by atoms with E-state index >= 15 is 0 Å². The molecular weight excluding hydrogens is 422 g/mol. The van der Waals surface area contributed by atoms with Gasteiger partial charge in [0.05, 0.1) is 19.3 Å². The van der Waals surface area contributed by atoms with Gasteiger partial charge in [0, 0.05) is 31.7 Å². The molecule has 3 aromatic rings. The lowest BCUT2D eigenvalue weighted by Gasteiger charge is -2.38. The van der Waals surface area contributed by atoms with E-state index in [2.05, 4.69) is 90.0 Å². The van der Waals surface area contributed by atoms with Gasteiger partial charge in [-0.15, -0.1) is 0 Å². The smallest absolute Gasteiger partial charge is 0.199 e. The molecule has 1 fully saturated rings. The summed E-state index contributed by atoms with van der Waals surface area (Å²) >= 11 is 0. The second kappa shape index (κ2) is 11.2. The van der Waals surface area contributed by atoms with Crippen LogP contribution in [0.4, 0.5) is 5.69 Å². The number of anilines is 1. The van der Waals surface area contributed by atoms with Gasteiger partial charge in [-0.2, -0.15) is 0 Å². The molecule has 0 aliphatic carbocycles. The molecule has 6 heteroatoms. The van der Waals surface area contributed by atoms with Crippen molar-refractivity contribution in [2.45, 2.75) is 39.0 Å². The lowest BCUT2D eigenvalue weighted by Crippen LogP contribution is -2.57. The molecule has 2 atom stereocenters. The Hall–Kier alpha value is -3.35. The van der Waals surface area contributed by atoms with Crippen LogP contribution >= 0.6 is 0 Å². The lowest BCUT2D eigenvalue weighted by atomic mass is 10.0. The van der Waals surface area contributed by atoms with Gasteiger partial charge in [-0.25, -0.2) is 4.99 Å². The van der Waals surface area contributed by atoms with E-state index in [-0.39, 0.29) is 0 Å². The quantitative estimate of drug-likeness (QED) is 0.376. The van der Waals surface area contributed by atoms with Crippen molar-refractivity contribution in [2.75, 3.05) is 25.5 Å². The highest BCUT2D eigenvalue weighted by molar-refractivity contribution is 5.96. The van der Waals surface area contributed by atoms with Gasteiger partial charge in [-0.05, 0) is 48.2 Å². The average Bonchev–Trinajstić information content (AvgIpc) is 2.86. The maximum Gasteiger partial charge on any atom is 0.199 e. The highest BCUT2D eigenvalue weighted by Crippen LogP contribution is 2.31. The zero-order valence-corrected chi connectivity index (χ0v) is 20.3. The van der Waals surface area contributed by atoms with Crippen molar-refractivity contribution in [3.05, 3.63) is 83.9 Å². The molecule has 0 aromatic heterocycles. The van der Waals surface area contributed by atoms with Crippen LogP contribution in [0.25, 0.3) is 11.1 Å². The van der Waals surface area contributed by atoms with Crippen LogP contribution in [0.15, 0.2) is 77.8 Å². The van der Waals surface area contributed by atoms with Crippen LogP contribution in [0.5, 0.6) is 5.75 Å². The molecule has 1 saturated heterocycles. The third-order valence-electron chi connectivity index (χ3n) is 6.08. The first-order chi connectivity index (χ1) is 16.6. The summed E-state index contributed by atoms with van der Waals surface area (Å²) in [5.41, 5.74) is 11.2. The fourth-order valence-electron chi connectivity index (χ4n) is 4.40. The summed E-state index contributed by atoms with van der Waals surface area (Å²) in [5, 5.41) is 7.22. The minimum Gasteiger partial charge on any atom is -0.495 e. The van der Waals surface area contributed by atoms with Crippen molar-refractivity contribution in [3.8, 4) is 16.9 Å². The Balaban J connectivity index is 1.65. The van der Waals surface area contributed by atoms with Gasteiger partial charge >= 0.3 is 0 Å². The molecule has 2 unspecified atom stereocenters. The molecule has 1 heterocycles. The zero-order chi connectivity index (χ0) is 23.9. The van der Waals surface area contributed by atoms with Crippen molar-refractivity contribution in [1.82, 2.24) is 10.2 Å². The fraction of sp³-hybridized carbons (Fsp3) is 0.321. The van der Waals surface area contributed by atoms with Crippen molar-refractivity contribution in [1.29, 1.82) is 0 Å². The number of aliphatic imine (C=N–C) groups is 1. The number of ether oxygens (including phenoxy) is 1. The molecule has 6 nitrogen and oxygen atoms in total. The number of benzene rings is 3. The van der Waals surface area contributed by atoms with Gasteiger partial charge in [0.25, 0.3) is 0 Å². The van der Waals surface area contributed by atoms with Crippen molar-refractivity contribution >= 4 is 11.6 Å². The highest BCUT2D eigenvalue weighted by Gasteiger charge is 2.24. The number of piperazine rings is 1. The first-order valence-electron chi connectivity index (χ1n) is 11.9. The lowest BCUT2D eigenvalue weighted by molar-refractivity contribution is 0.254. The minimum absolute atomic E-state index is 0.372. The van der Waals surface area contributed by atoms with E-state index < -0.39 is 0 Å². The Morgan fingerprint density at radius 3 is 2.29 bits per heavy atom. The summed E-state index contributed by atoms with van der Waals surface area (Å²) in [6, 6.07) is 25.7. The van der Waals surface area contributed by atoms with Crippen LogP contribution in [0.3, 0.4) is 0 Å². The molecule has 0 amide bonds. The maximum absolute atomic E-state index is 5.75. The van der Waals surface area contributed by atoms with E-state index in [9.17, 15) is 0 Å². The molecule has 1 aliphatic heterocycles. The predicted octanol–water partition coefficient (Wildman–Crippen LogP) is 4.47. The van der Waals surface area contributed by atoms with E-state index in [4.69, 9.17) is 15.5 Å². The molecule has 178 valence electrons. The second-order valence-electron chi connectivity index (χ2n) is 8.94. The number of nitrogens with one attached hydrogen (secondary N) is 2. The minimum atomic E-state index is 0.372. The Kier molecular flexibility index (Phi) is 7.83. The molecule has 4 rings (SSSR count). The van der Waals surface area contributed by atoms with Gasteiger partial charge in [0.1, 0.15) is 5.75 Å². The van der Waals surface area contributed by atoms with E-state index in [1.54, 1.807) is 7.11 Å². The third kappa shape index (κ3) is 5.95. The normalized spacial score (nSPS) is 18.6. The molecule has 0 radical (unpaired) electrons. The van der Waals surface area contributed by atoms with Gasteiger partial charge in [0.2, 0.25) is 0 Å². The molecule has 34 heavy (non-hydrogen) atoms. The average molecular weight is 458 g/mol. The highest BCUT2D eigenvalue weighted by atomic mass is 16.5. The van der Waals surface area contributed by atoms with Crippen LogP contribution in [0, 0.1) is 0 Å². The van der Waals surface area contributed by atoms with Crippen LogP contribution in [0.1, 0.15) is 25.0 Å². The summed E-state index contributed by atoms with van der Waals surface area (Å²) in [5.74, 6) is 1.64. The van der Waals surface area contributed by atoms with Crippen molar-refractivity contribution in [3.63, 3.8) is 0 Å². The summed E-state index contributed by atoms with van der Waals surface area (Å²) in [6.07, 6.45) is 0. The van der Waals surface area contributed by atoms with Crippen molar-refractivity contribution < 1.29 is 4.74 Å². The SMILES string of the molecule is COc1ccc(-c2ccccc2)cc1NC(=NCc1ccc(CN)cc1)N1CC(C)NC(C)C1. The fourth-order valence-corrected chi connectivity index (χ4v) is 4.40. The number of guanidine groups is 1. The van der Waals surface area contributed by atoms with E-state index in [0.717, 1.165) is 52.7 Å². The molecule has 3 aromatic carbocycles. The number of nitrogens with zero attached hydrogens (tertiary/aromatic N) is 2. The monoisotopic (exact) mass is 457 g/mol. The second-order valence-corrected chi connectivity index (χ2v) is 8.94. The first-order valence-corrected chi connectivity index (χ1v) is 11.9. The Bertz CT molecular complexity index is 1090. The molecule has 4 N–H and O–H groups in total. The third-order valence-corrected chi connectivity index (χ3v) is 6.08. The number of rotatable bonds is 6. The summed E-state index contributed by atoms with van der Waals surface area (Å²) < 4.78 is 5.69. The predicted molar refractivity (Wildman–Crippen MR) is 141 cm³/mol. The van der Waals surface area contributed by atoms with Gasteiger partial charge in [-0.3, -0.25) is 0 Å². The summed E-state index contributed by atoms with van der Waals surface area (Å²) in [4.78, 5) is 7.36. The molecular formula is C28H35N5O. The Morgan fingerprint density at radius 1 is 0.971 bits per heavy atom. The molecule has 1 aliphatic rings. The molecule has 0 bridgehead atoms. The number of nitrogens with two attached hydrogens (primary N) is 1. The number of hydrogen-bond donors (Lipinski definition) is 3. The van der Waals surface area contributed by atoms with Gasteiger partial charge < -0.3 is 26.0 Å². The zero-order valence-electron chi connectivity index (χ0n) is 20.3. The van der Waals surface area contributed by atoms with E-state index in [0.29, 0.717) is 25.2 Å². The van der Waals surface area contributed by atoms with Crippen LogP contribution in [0.2, 0.25) is 0 Å². The number of methoxy groups -OCH3 is 1. The van der Waals surface area contributed by atoms with Crippen LogP contribution in [-0.4, -0.2) is 43.1 Å². The molecule has 0 spiro atoms. The van der Waals surface area contributed by atoms with E-state index in [1.807, 2.05) is 12.1 Å². The van der Waals surface area contributed by atoms with E-state index in [1.165, 1.54) is 0 Å². The Morgan fingerprint density at radius 2 is 1.65 bits per heavy atom. The molecule has 0 saturated carbocycles.